The molecule has 0 atom stereocenters. The van der Waals surface area contributed by atoms with Crippen molar-refractivity contribution in [2.45, 2.75) is 38.5 Å². The van der Waals surface area contributed by atoms with Gasteiger partial charge in [-0.15, -0.1) is 9.46 Å². The SMILES string of the molecule is N=c1cc(N2CCCCC2)nc(N)n1O.N=c1cc(N2CCCCC2)nc(N)n1O. The van der Waals surface area contributed by atoms with E-state index in [1.54, 1.807) is 0 Å². The van der Waals surface area contributed by atoms with E-state index < -0.39 is 0 Å². The van der Waals surface area contributed by atoms with Gasteiger partial charge in [0.1, 0.15) is 11.6 Å². The molecule has 164 valence electrons. The quantitative estimate of drug-likeness (QED) is 0.377. The first kappa shape index (κ1) is 21.3. The number of anilines is 4. The van der Waals surface area contributed by atoms with E-state index in [0.29, 0.717) is 21.1 Å². The minimum absolute atomic E-state index is 0.0388. The van der Waals surface area contributed by atoms with Crippen molar-refractivity contribution < 1.29 is 10.4 Å². The number of rotatable bonds is 2. The molecule has 2 fully saturated rings. The monoisotopic (exact) mass is 418 g/mol. The van der Waals surface area contributed by atoms with Crippen molar-refractivity contribution in [2.24, 2.45) is 0 Å². The molecular formula is C18H30N10O2. The van der Waals surface area contributed by atoms with Crippen LogP contribution in [0.15, 0.2) is 12.1 Å². The highest BCUT2D eigenvalue weighted by Crippen LogP contribution is 2.17. The summed E-state index contributed by atoms with van der Waals surface area (Å²) in [6.07, 6.45) is 7.05. The smallest absolute Gasteiger partial charge is 0.238 e. The summed E-state index contributed by atoms with van der Waals surface area (Å²) in [7, 11) is 0. The van der Waals surface area contributed by atoms with Gasteiger partial charge in [-0.2, -0.15) is 9.97 Å². The maximum atomic E-state index is 9.25. The largest absolute Gasteiger partial charge is 0.423 e. The third kappa shape index (κ3) is 4.93. The molecule has 2 aliphatic rings. The third-order valence-corrected chi connectivity index (χ3v) is 5.24. The van der Waals surface area contributed by atoms with Crippen LogP contribution >= 0.6 is 0 Å². The molecule has 2 aromatic heterocycles. The predicted molar refractivity (Wildman–Crippen MR) is 111 cm³/mol. The number of nitrogens with one attached hydrogen (secondary N) is 2. The number of aromatic nitrogens is 4. The molecule has 12 heteroatoms. The lowest BCUT2D eigenvalue weighted by Gasteiger charge is -2.27. The van der Waals surface area contributed by atoms with E-state index in [1.165, 1.54) is 25.0 Å². The highest BCUT2D eigenvalue weighted by molar-refractivity contribution is 5.42. The average Bonchev–Trinajstić information content (AvgIpc) is 2.77. The minimum atomic E-state index is -0.0388. The summed E-state index contributed by atoms with van der Waals surface area (Å²) in [5.41, 5.74) is 10.9. The fraction of sp³-hybridized carbons (Fsp3) is 0.556. The van der Waals surface area contributed by atoms with Crippen LogP contribution in [0.5, 0.6) is 0 Å². The normalized spacial score (nSPS) is 16.7. The molecule has 0 radical (unpaired) electrons. The lowest BCUT2D eigenvalue weighted by Crippen LogP contribution is -2.33. The molecule has 8 N–H and O–H groups in total. The summed E-state index contributed by atoms with van der Waals surface area (Å²) in [6.45, 7) is 3.78. The lowest BCUT2D eigenvalue weighted by molar-refractivity contribution is 0.174. The van der Waals surface area contributed by atoms with E-state index in [1.807, 2.05) is 0 Å². The number of nitrogens with two attached hydrogens (primary N) is 2. The Morgan fingerprint density at radius 1 is 0.667 bits per heavy atom. The van der Waals surface area contributed by atoms with Crippen molar-refractivity contribution in [1.82, 2.24) is 19.4 Å². The number of nitrogen functional groups attached to an aromatic ring is 2. The van der Waals surface area contributed by atoms with Gasteiger partial charge in [0, 0.05) is 38.3 Å². The average molecular weight is 419 g/mol. The van der Waals surface area contributed by atoms with Gasteiger partial charge in [0.15, 0.2) is 11.0 Å². The van der Waals surface area contributed by atoms with E-state index >= 15 is 0 Å². The van der Waals surface area contributed by atoms with Crippen LogP contribution in [0.1, 0.15) is 38.5 Å². The topological polar surface area (TPSA) is 182 Å². The van der Waals surface area contributed by atoms with Crippen molar-refractivity contribution >= 4 is 23.5 Å². The highest BCUT2D eigenvalue weighted by Gasteiger charge is 2.14. The van der Waals surface area contributed by atoms with Crippen LogP contribution < -0.4 is 32.2 Å². The molecular weight excluding hydrogens is 388 g/mol. The van der Waals surface area contributed by atoms with E-state index in [9.17, 15) is 10.4 Å². The molecule has 0 saturated carbocycles. The van der Waals surface area contributed by atoms with Gasteiger partial charge in [0.25, 0.3) is 0 Å². The van der Waals surface area contributed by atoms with Crippen LogP contribution in [-0.4, -0.2) is 56.0 Å². The Kier molecular flexibility index (Phi) is 6.65. The molecule has 2 aromatic rings. The molecule has 4 heterocycles. The van der Waals surface area contributed by atoms with Gasteiger partial charge in [-0.3, -0.25) is 10.8 Å². The van der Waals surface area contributed by atoms with Gasteiger partial charge in [-0.25, -0.2) is 0 Å². The first-order valence-electron chi connectivity index (χ1n) is 10.1. The zero-order valence-electron chi connectivity index (χ0n) is 17.0. The number of piperidine rings is 2. The summed E-state index contributed by atoms with van der Waals surface area (Å²) in [5.74, 6) is 1.29. The van der Waals surface area contributed by atoms with Crippen molar-refractivity contribution in [1.29, 1.82) is 10.8 Å². The van der Waals surface area contributed by atoms with Gasteiger partial charge >= 0.3 is 0 Å². The van der Waals surface area contributed by atoms with Crippen LogP contribution in [-0.2, 0) is 0 Å². The first-order chi connectivity index (χ1) is 14.4. The summed E-state index contributed by atoms with van der Waals surface area (Å²) < 4.78 is 1.15. The Hall–Kier alpha value is -3.44. The molecule has 0 aliphatic carbocycles. The summed E-state index contributed by atoms with van der Waals surface area (Å²) in [4.78, 5) is 12.3. The summed E-state index contributed by atoms with van der Waals surface area (Å²) in [6, 6.07) is 3.06. The highest BCUT2D eigenvalue weighted by atomic mass is 16.5. The van der Waals surface area contributed by atoms with Crippen LogP contribution in [0.2, 0.25) is 0 Å². The summed E-state index contributed by atoms with van der Waals surface area (Å²) >= 11 is 0. The number of hydrogen-bond donors (Lipinski definition) is 6. The number of nitrogens with zero attached hydrogens (tertiary/aromatic N) is 6. The molecule has 0 unspecified atom stereocenters. The van der Waals surface area contributed by atoms with Gasteiger partial charge < -0.3 is 31.7 Å². The lowest BCUT2D eigenvalue weighted by atomic mass is 10.1. The molecule has 0 aromatic carbocycles. The second-order valence-electron chi connectivity index (χ2n) is 7.43. The zero-order valence-corrected chi connectivity index (χ0v) is 17.0. The van der Waals surface area contributed by atoms with Gasteiger partial charge in [-0.05, 0) is 38.5 Å². The molecule has 2 aliphatic heterocycles. The first-order valence-corrected chi connectivity index (χ1v) is 10.1. The minimum Gasteiger partial charge on any atom is -0.423 e. The Bertz CT molecular complexity index is 894. The second kappa shape index (κ2) is 9.37. The Balaban J connectivity index is 0.000000171. The fourth-order valence-electron chi connectivity index (χ4n) is 3.58. The van der Waals surface area contributed by atoms with Gasteiger partial charge in [0.05, 0.1) is 0 Å². The van der Waals surface area contributed by atoms with Crippen molar-refractivity contribution in [2.75, 3.05) is 47.4 Å². The van der Waals surface area contributed by atoms with E-state index in [2.05, 4.69) is 19.8 Å². The molecule has 2 saturated heterocycles. The molecule has 0 bridgehead atoms. The van der Waals surface area contributed by atoms with Crippen molar-refractivity contribution in [3.8, 4) is 0 Å². The second-order valence-corrected chi connectivity index (χ2v) is 7.43. The Morgan fingerprint density at radius 2 is 1.00 bits per heavy atom. The standard InChI is InChI=1S/2C9H15N5O/c2*10-7-6-8(12-9(11)14(7)15)13-4-2-1-3-5-13/h2*6,10,15H,1-5H2,(H2,11,12). The van der Waals surface area contributed by atoms with Crippen LogP contribution in [0, 0.1) is 10.8 Å². The molecule has 0 spiro atoms. The van der Waals surface area contributed by atoms with Gasteiger partial charge in [-0.1, -0.05) is 0 Å². The van der Waals surface area contributed by atoms with E-state index in [-0.39, 0.29) is 22.9 Å². The predicted octanol–water partition coefficient (Wildman–Crippen LogP) is 0.345. The maximum absolute atomic E-state index is 9.25. The molecule has 12 nitrogen and oxygen atoms in total. The third-order valence-electron chi connectivity index (χ3n) is 5.24. The Morgan fingerprint density at radius 3 is 1.30 bits per heavy atom. The van der Waals surface area contributed by atoms with Crippen molar-refractivity contribution in [3.05, 3.63) is 23.1 Å². The van der Waals surface area contributed by atoms with Crippen LogP contribution in [0.3, 0.4) is 0 Å². The molecule has 0 amide bonds. The zero-order chi connectivity index (χ0) is 21.7. The van der Waals surface area contributed by atoms with Crippen molar-refractivity contribution in [3.63, 3.8) is 0 Å². The van der Waals surface area contributed by atoms with Gasteiger partial charge in [0.2, 0.25) is 11.9 Å². The number of hydrogen-bond acceptors (Lipinski definition) is 10. The molecule has 30 heavy (non-hydrogen) atoms. The van der Waals surface area contributed by atoms with E-state index in [0.717, 1.165) is 51.9 Å². The summed E-state index contributed by atoms with van der Waals surface area (Å²) in [5, 5.41) is 33.5. The Labute approximate surface area is 173 Å². The van der Waals surface area contributed by atoms with Crippen LogP contribution in [0.4, 0.5) is 23.5 Å². The molecule has 4 rings (SSSR count). The van der Waals surface area contributed by atoms with E-state index in [4.69, 9.17) is 22.3 Å². The maximum Gasteiger partial charge on any atom is 0.238 e. The van der Waals surface area contributed by atoms with Crippen LogP contribution in [0.25, 0.3) is 0 Å². The fourth-order valence-corrected chi connectivity index (χ4v) is 3.58.